The summed E-state index contributed by atoms with van der Waals surface area (Å²) in [5, 5.41) is 5.18. The predicted octanol–water partition coefficient (Wildman–Crippen LogP) is 4.22. The van der Waals surface area contributed by atoms with E-state index in [1.165, 1.54) is 48.7 Å². The summed E-state index contributed by atoms with van der Waals surface area (Å²) < 4.78 is 1.44. The van der Waals surface area contributed by atoms with Crippen LogP contribution in [0.3, 0.4) is 0 Å². The number of thiophene rings is 1. The molecule has 2 heterocycles. The molecule has 2 aromatic rings. The third-order valence-electron chi connectivity index (χ3n) is 5.06. The van der Waals surface area contributed by atoms with Crippen LogP contribution in [0, 0.1) is 11.8 Å². The minimum absolute atomic E-state index is 0.790. The highest BCUT2D eigenvalue weighted by Gasteiger charge is 2.38. The Hall–Kier alpha value is -0.860. The zero-order chi connectivity index (χ0) is 12.7. The molecule has 2 fully saturated rings. The van der Waals surface area contributed by atoms with Crippen molar-refractivity contribution >= 4 is 21.4 Å². The Bertz CT molecular complexity index is 540. The minimum atomic E-state index is 0.790. The van der Waals surface area contributed by atoms with Crippen LogP contribution < -0.4 is 5.32 Å². The summed E-state index contributed by atoms with van der Waals surface area (Å²) in [7, 11) is 0. The van der Waals surface area contributed by atoms with Crippen LogP contribution in [0.5, 0.6) is 0 Å². The molecule has 0 radical (unpaired) electrons. The number of rotatable bonds is 3. The topological polar surface area (TPSA) is 12.0 Å². The van der Waals surface area contributed by atoms with Crippen molar-refractivity contribution in [1.82, 2.24) is 5.32 Å². The maximum atomic E-state index is 3.77. The summed E-state index contributed by atoms with van der Waals surface area (Å²) in [6, 6.07) is 11.9. The summed E-state index contributed by atoms with van der Waals surface area (Å²) in [5.74, 6) is 1.97. The lowest BCUT2D eigenvalue weighted by Crippen LogP contribution is -2.27. The van der Waals surface area contributed by atoms with E-state index in [9.17, 15) is 0 Å². The van der Waals surface area contributed by atoms with Gasteiger partial charge in [0.05, 0.1) is 0 Å². The van der Waals surface area contributed by atoms with Gasteiger partial charge in [0.15, 0.2) is 0 Å². The molecule has 1 aliphatic heterocycles. The SMILES string of the molecule is c1ccc2sc(CCC3NCC4CCCC43)cc2c1. The lowest BCUT2D eigenvalue weighted by molar-refractivity contribution is 0.394. The maximum Gasteiger partial charge on any atom is 0.0345 e. The van der Waals surface area contributed by atoms with E-state index in [0.29, 0.717) is 0 Å². The number of benzene rings is 1. The van der Waals surface area contributed by atoms with Crippen molar-refractivity contribution in [2.75, 3.05) is 6.54 Å². The Kier molecular flexibility index (Phi) is 3.08. The van der Waals surface area contributed by atoms with Crippen molar-refractivity contribution in [2.45, 2.75) is 38.1 Å². The number of nitrogens with one attached hydrogen (secondary N) is 1. The van der Waals surface area contributed by atoms with Gasteiger partial charge in [0.1, 0.15) is 0 Å². The number of hydrogen-bond donors (Lipinski definition) is 1. The molecule has 2 aliphatic rings. The monoisotopic (exact) mass is 271 g/mol. The second kappa shape index (κ2) is 4.92. The Morgan fingerprint density at radius 2 is 2.16 bits per heavy atom. The molecule has 1 saturated carbocycles. The predicted molar refractivity (Wildman–Crippen MR) is 82.8 cm³/mol. The summed E-state index contributed by atoms with van der Waals surface area (Å²) in [5.41, 5.74) is 0. The van der Waals surface area contributed by atoms with E-state index in [1.807, 2.05) is 11.3 Å². The van der Waals surface area contributed by atoms with E-state index < -0.39 is 0 Å². The number of aryl methyl sites for hydroxylation is 1. The van der Waals surface area contributed by atoms with E-state index in [1.54, 1.807) is 4.88 Å². The Balaban J connectivity index is 1.44. The lowest BCUT2D eigenvalue weighted by Gasteiger charge is -2.17. The van der Waals surface area contributed by atoms with Crippen LogP contribution in [-0.4, -0.2) is 12.6 Å². The van der Waals surface area contributed by atoms with Crippen molar-refractivity contribution in [3.8, 4) is 0 Å². The first-order valence-electron chi connectivity index (χ1n) is 7.61. The Morgan fingerprint density at radius 3 is 3.11 bits per heavy atom. The molecule has 1 nitrogen and oxygen atoms in total. The smallest absolute Gasteiger partial charge is 0.0345 e. The first-order chi connectivity index (χ1) is 9.40. The van der Waals surface area contributed by atoms with Gasteiger partial charge in [-0.3, -0.25) is 0 Å². The zero-order valence-electron chi connectivity index (χ0n) is 11.3. The van der Waals surface area contributed by atoms with Gasteiger partial charge in [-0.15, -0.1) is 11.3 Å². The molecule has 0 amide bonds. The van der Waals surface area contributed by atoms with Gasteiger partial charge in [-0.05, 0) is 61.6 Å². The van der Waals surface area contributed by atoms with Crippen molar-refractivity contribution in [3.05, 3.63) is 35.2 Å². The van der Waals surface area contributed by atoms with Gasteiger partial charge in [0, 0.05) is 15.6 Å². The van der Waals surface area contributed by atoms with Crippen LogP contribution in [0.2, 0.25) is 0 Å². The molecule has 1 N–H and O–H groups in total. The molecule has 3 atom stereocenters. The van der Waals surface area contributed by atoms with Crippen molar-refractivity contribution in [2.24, 2.45) is 11.8 Å². The number of fused-ring (bicyclic) bond motifs is 2. The fourth-order valence-electron chi connectivity index (χ4n) is 4.08. The Labute approximate surface area is 119 Å². The molecule has 3 unspecified atom stereocenters. The second-order valence-corrected chi connectivity index (χ2v) is 7.33. The van der Waals surface area contributed by atoms with Crippen LogP contribution in [0.25, 0.3) is 10.1 Å². The average Bonchev–Trinajstić information content (AvgIpc) is 3.11. The molecule has 0 bridgehead atoms. The Morgan fingerprint density at radius 1 is 1.21 bits per heavy atom. The molecular weight excluding hydrogens is 250 g/mol. The average molecular weight is 271 g/mol. The summed E-state index contributed by atoms with van der Waals surface area (Å²) >= 11 is 1.98. The molecule has 1 saturated heterocycles. The standard InChI is InChI=1S/C17H21NS/c1-2-7-17-12(4-1)10-14(19-17)8-9-16-15-6-3-5-13(15)11-18-16/h1-2,4,7,10,13,15-16,18H,3,5-6,8-9,11H2. The molecule has 19 heavy (non-hydrogen) atoms. The van der Waals surface area contributed by atoms with Gasteiger partial charge in [-0.2, -0.15) is 0 Å². The second-order valence-electron chi connectivity index (χ2n) is 6.16. The molecule has 0 spiro atoms. The van der Waals surface area contributed by atoms with Crippen LogP contribution in [0.4, 0.5) is 0 Å². The summed E-state index contributed by atoms with van der Waals surface area (Å²) in [4.78, 5) is 1.56. The highest BCUT2D eigenvalue weighted by molar-refractivity contribution is 7.19. The zero-order valence-corrected chi connectivity index (χ0v) is 12.1. The molecule has 4 rings (SSSR count). The van der Waals surface area contributed by atoms with E-state index in [0.717, 1.165) is 17.9 Å². The molecule has 100 valence electrons. The maximum absolute atomic E-state index is 3.77. The van der Waals surface area contributed by atoms with Gasteiger partial charge in [0.25, 0.3) is 0 Å². The first-order valence-corrected chi connectivity index (χ1v) is 8.42. The van der Waals surface area contributed by atoms with Crippen LogP contribution in [0.15, 0.2) is 30.3 Å². The lowest BCUT2D eigenvalue weighted by atomic mass is 9.91. The first kappa shape index (κ1) is 11.9. The molecular formula is C17H21NS. The molecule has 1 aromatic heterocycles. The van der Waals surface area contributed by atoms with Gasteiger partial charge in [-0.25, -0.2) is 0 Å². The summed E-state index contributed by atoms with van der Waals surface area (Å²) in [6.07, 6.45) is 6.98. The third kappa shape index (κ3) is 2.21. The van der Waals surface area contributed by atoms with Crippen molar-refractivity contribution < 1.29 is 0 Å². The molecule has 2 heteroatoms. The van der Waals surface area contributed by atoms with Crippen molar-refractivity contribution in [3.63, 3.8) is 0 Å². The highest BCUT2D eigenvalue weighted by atomic mass is 32.1. The normalized spacial score (nSPS) is 30.0. The number of hydrogen-bond acceptors (Lipinski definition) is 2. The van der Waals surface area contributed by atoms with Crippen LogP contribution >= 0.6 is 11.3 Å². The largest absolute Gasteiger partial charge is 0.313 e. The fraction of sp³-hybridized carbons (Fsp3) is 0.529. The fourth-order valence-corrected chi connectivity index (χ4v) is 5.16. The van der Waals surface area contributed by atoms with Crippen LogP contribution in [-0.2, 0) is 6.42 Å². The van der Waals surface area contributed by atoms with Crippen molar-refractivity contribution in [1.29, 1.82) is 0 Å². The van der Waals surface area contributed by atoms with E-state index in [2.05, 4.69) is 35.6 Å². The molecule has 1 aliphatic carbocycles. The quantitative estimate of drug-likeness (QED) is 0.881. The van der Waals surface area contributed by atoms with Gasteiger partial charge in [-0.1, -0.05) is 24.6 Å². The van der Waals surface area contributed by atoms with Gasteiger partial charge in [0.2, 0.25) is 0 Å². The molecule has 1 aromatic carbocycles. The van der Waals surface area contributed by atoms with Gasteiger partial charge >= 0.3 is 0 Å². The van der Waals surface area contributed by atoms with Crippen LogP contribution in [0.1, 0.15) is 30.6 Å². The third-order valence-corrected chi connectivity index (χ3v) is 6.23. The van der Waals surface area contributed by atoms with E-state index in [-0.39, 0.29) is 0 Å². The van der Waals surface area contributed by atoms with Gasteiger partial charge < -0.3 is 5.32 Å². The summed E-state index contributed by atoms with van der Waals surface area (Å²) in [6.45, 7) is 1.28. The highest BCUT2D eigenvalue weighted by Crippen LogP contribution is 2.39. The van der Waals surface area contributed by atoms with E-state index in [4.69, 9.17) is 0 Å². The van der Waals surface area contributed by atoms with E-state index >= 15 is 0 Å². The minimum Gasteiger partial charge on any atom is -0.313 e.